The van der Waals surface area contributed by atoms with Gasteiger partial charge < -0.3 is 19.5 Å². The summed E-state index contributed by atoms with van der Waals surface area (Å²) >= 11 is 6.37. The molecule has 6 nitrogen and oxygen atoms in total. The number of hydrogen-bond acceptors (Lipinski definition) is 5. The van der Waals surface area contributed by atoms with Gasteiger partial charge in [0.1, 0.15) is 17.3 Å². The van der Waals surface area contributed by atoms with E-state index in [1.54, 1.807) is 31.4 Å². The fourth-order valence-electron chi connectivity index (χ4n) is 4.08. The highest BCUT2D eigenvalue weighted by Crippen LogP contribution is 2.41. The van der Waals surface area contributed by atoms with Crippen molar-refractivity contribution in [2.24, 2.45) is 0 Å². The number of ketones is 1. The Kier molecular flexibility index (Phi) is 6.89. The number of likely N-dealkylation sites (tertiary alicyclic amines) is 1. The van der Waals surface area contributed by atoms with E-state index in [0.717, 1.165) is 5.56 Å². The molecule has 7 heteroatoms. The van der Waals surface area contributed by atoms with Crippen LogP contribution in [0.3, 0.4) is 0 Å². The summed E-state index contributed by atoms with van der Waals surface area (Å²) in [6, 6.07) is 20.5. The highest BCUT2D eigenvalue weighted by Gasteiger charge is 2.46. The lowest BCUT2D eigenvalue weighted by Crippen LogP contribution is -2.29. The summed E-state index contributed by atoms with van der Waals surface area (Å²) in [4.78, 5) is 27.9. The third kappa shape index (κ3) is 4.50. The minimum atomic E-state index is -0.792. The number of hydrogen-bond donors (Lipinski definition) is 1. The second kappa shape index (κ2) is 10.0. The zero-order valence-corrected chi connectivity index (χ0v) is 19.6. The topological polar surface area (TPSA) is 76.1 Å². The average molecular weight is 478 g/mol. The van der Waals surface area contributed by atoms with Crippen molar-refractivity contribution in [2.75, 3.05) is 13.7 Å². The van der Waals surface area contributed by atoms with Gasteiger partial charge in [-0.15, -0.1) is 0 Å². The molecule has 1 aliphatic rings. The maximum atomic E-state index is 13.2. The molecule has 0 aliphatic carbocycles. The zero-order valence-electron chi connectivity index (χ0n) is 18.8. The van der Waals surface area contributed by atoms with E-state index in [9.17, 15) is 14.7 Å². The number of aliphatic hydroxyl groups is 1. The first-order chi connectivity index (χ1) is 16.4. The van der Waals surface area contributed by atoms with Crippen molar-refractivity contribution >= 4 is 29.1 Å². The first-order valence-electron chi connectivity index (χ1n) is 10.8. The summed E-state index contributed by atoms with van der Waals surface area (Å²) in [6.07, 6.45) is 0. The van der Waals surface area contributed by atoms with Gasteiger partial charge in [0, 0.05) is 12.1 Å². The average Bonchev–Trinajstić information content (AvgIpc) is 3.10. The number of ether oxygens (including phenoxy) is 2. The highest BCUT2D eigenvalue weighted by molar-refractivity contribution is 6.47. The van der Waals surface area contributed by atoms with Crippen LogP contribution < -0.4 is 9.47 Å². The second-order valence-electron chi connectivity index (χ2n) is 7.76. The molecule has 0 saturated carbocycles. The summed E-state index contributed by atoms with van der Waals surface area (Å²) < 4.78 is 10.8. The van der Waals surface area contributed by atoms with Gasteiger partial charge in [0.25, 0.3) is 11.7 Å². The molecule has 1 saturated heterocycles. The number of rotatable bonds is 7. The molecule has 1 aliphatic heterocycles. The second-order valence-corrected chi connectivity index (χ2v) is 8.17. The van der Waals surface area contributed by atoms with Gasteiger partial charge in [-0.3, -0.25) is 9.59 Å². The van der Waals surface area contributed by atoms with E-state index in [0.29, 0.717) is 23.7 Å². The van der Waals surface area contributed by atoms with Gasteiger partial charge in [-0.1, -0.05) is 54.1 Å². The highest BCUT2D eigenvalue weighted by atomic mass is 35.5. The van der Waals surface area contributed by atoms with Gasteiger partial charge in [-0.2, -0.15) is 0 Å². The van der Waals surface area contributed by atoms with Gasteiger partial charge in [0.15, 0.2) is 0 Å². The summed E-state index contributed by atoms with van der Waals surface area (Å²) in [5, 5.41) is 11.5. The summed E-state index contributed by atoms with van der Waals surface area (Å²) in [5.74, 6) is -0.672. The lowest BCUT2D eigenvalue weighted by Gasteiger charge is -2.25. The Labute approximate surface area is 203 Å². The van der Waals surface area contributed by atoms with Crippen LogP contribution in [0.1, 0.15) is 29.7 Å². The van der Waals surface area contributed by atoms with E-state index in [1.807, 2.05) is 55.5 Å². The van der Waals surface area contributed by atoms with Gasteiger partial charge in [-0.05, 0) is 48.4 Å². The van der Waals surface area contributed by atoms with Crippen LogP contribution in [-0.2, 0) is 16.1 Å². The number of nitrogens with zero attached hydrogens (tertiary/aromatic N) is 1. The lowest BCUT2D eigenvalue weighted by atomic mass is 9.95. The molecular weight excluding hydrogens is 454 g/mol. The predicted molar refractivity (Wildman–Crippen MR) is 130 cm³/mol. The van der Waals surface area contributed by atoms with Gasteiger partial charge >= 0.3 is 0 Å². The van der Waals surface area contributed by atoms with E-state index in [-0.39, 0.29) is 28.5 Å². The predicted octanol–water partition coefficient (Wildman–Crippen LogP) is 5.37. The molecule has 4 rings (SSSR count). The normalized spacial score (nSPS) is 17.1. The van der Waals surface area contributed by atoms with E-state index in [1.165, 1.54) is 4.90 Å². The van der Waals surface area contributed by atoms with Crippen LogP contribution in [0.4, 0.5) is 0 Å². The van der Waals surface area contributed by atoms with Crippen LogP contribution in [0, 0.1) is 0 Å². The maximum absolute atomic E-state index is 13.2. The minimum absolute atomic E-state index is 0.0188. The Morgan fingerprint density at radius 2 is 1.76 bits per heavy atom. The Morgan fingerprint density at radius 1 is 1.00 bits per heavy atom. The minimum Gasteiger partial charge on any atom is -0.507 e. The monoisotopic (exact) mass is 477 g/mol. The Morgan fingerprint density at radius 3 is 2.47 bits per heavy atom. The van der Waals surface area contributed by atoms with Gasteiger partial charge in [0.05, 0.1) is 30.4 Å². The van der Waals surface area contributed by atoms with E-state index >= 15 is 0 Å². The molecule has 0 aromatic heterocycles. The molecule has 174 valence electrons. The number of carbonyl (C=O) groups excluding carboxylic acids is 2. The molecule has 34 heavy (non-hydrogen) atoms. The molecule has 3 aromatic carbocycles. The fourth-order valence-corrected chi connectivity index (χ4v) is 4.29. The summed E-state index contributed by atoms with van der Waals surface area (Å²) in [7, 11) is 1.56. The van der Waals surface area contributed by atoms with Gasteiger partial charge in [-0.25, -0.2) is 0 Å². The molecule has 1 unspecified atom stereocenters. The third-order valence-electron chi connectivity index (χ3n) is 5.65. The molecule has 0 spiro atoms. The standard InChI is InChI=1S/C27H24ClNO5/c1-3-34-20-12-13-22(28)21(15-20)25(30)23-24(18-9-5-4-6-10-18)29(27(32)26(23)31)16-17-8-7-11-19(14-17)33-2/h4-15,24,30H,3,16H2,1-2H3/b25-23+. The maximum Gasteiger partial charge on any atom is 0.295 e. The Balaban J connectivity index is 1.85. The zero-order chi connectivity index (χ0) is 24.2. The van der Waals surface area contributed by atoms with Crippen molar-refractivity contribution in [2.45, 2.75) is 19.5 Å². The first kappa shape index (κ1) is 23.4. The molecule has 0 bridgehead atoms. The van der Waals surface area contributed by atoms with Crippen LogP contribution in [0.15, 0.2) is 78.4 Å². The third-order valence-corrected chi connectivity index (χ3v) is 5.98. The lowest BCUT2D eigenvalue weighted by molar-refractivity contribution is -0.140. The number of methoxy groups -OCH3 is 1. The van der Waals surface area contributed by atoms with Crippen molar-refractivity contribution in [1.29, 1.82) is 0 Å². The SMILES string of the molecule is CCOc1ccc(Cl)c(/C(O)=C2\C(=O)C(=O)N(Cc3cccc(OC)c3)C2c2ccccc2)c1. The van der Waals surface area contributed by atoms with E-state index in [4.69, 9.17) is 21.1 Å². The molecular formula is C27H24ClNO5. The molecule has 0 radical (unpaired) electrons. The number of halogens is 1. The van der Waals surface area contributed by atoms with Crippen molar-refractivity contribution < 1.29 is 24.2 Å². The molecule has 1 N–H and O–H groups in total. The quantitative estimate of drug-likeness (QED) is 0.281. The van der Waals surface area contributed by atoms with Crippen molar-refractivity contribution in [3.63, 3.8) is 0 Å². The number of amides is 1. The molecule has 1 atom stereocenters. The number of Topliss-reactive ketones (excluding diaryl/α,β-unsaturated/α-hetero) is 1. The Hall–Kier alpha value is -3.77. The van der Waals surface area contributed by atoms with Crippen LogP contribution in [-0.4, -0.2) is 35.4 Å². The van der Waals surface area contributed by atoms with Crippen LogP contribution in [0.2, 0.25) is 5.02 Å². The molecule has 1 amide bonds. The van der Waals surface area contributed by atoms with Crippen LogP contribution in [0.25, 0.3) is 5.76 Å². The molecule has 1 heterocycles. The van der Waals surface area contributed by atoms with E-state index < -0.39 is 17.7 Å². The van der Waals surface area contributed by atoms with Crippen LogP contribution in [0.5, 0.6) is 11.5 Å². The van der Waals surface area contributed by atoms with Crippen LogP contribution >= 0.6 is 11.6 Å². The fraction of sp³-hybridized carbons (Fsp3) is 0.185. The van der Waals surface area contributed by atoms with Gasteiger partial charge in [0.2, 0.25) is 0 Å². The smallest absolute Gasteiger partial charge is 0.295 e. The molecule has 3 aromatic rings. The summed E-state index contributed by atoms with van der Waals surface area (Å²) in [6.45, 7) is 2.43. The number of aliphatic hydroxyl groups excluding tert-OH is 1. The van der Waals surface area contributed by atoms with Crippen molar-refractivity contribution in [1.82, 2.24) is 4.90 Å². The van der Waals surface area contributed by atoms with Crippen molar-refractivity contribution in [3.05, 3.63) is 100 Å². The Bertz CT molecular complexity index is 1250. The number of benzene rings is 3. The largest absolute Gasteiger partial charge is 0.507 e. The molecule has 1 fully saturated rings. The first-order valence-corrected chi connectivity index (χ1v) is 11.2. The van der Waals surface area contributed by atoms with Crippen molar-refractivity contribution in [3.8, 4) is 11.5 Å². The van der Waals surface area contributed by atoms with E-state index in [2.05, 4.69) is 0 Å². The summed E-state index contributed by atoms with van der Waals surface area (Å²) in [5.41, 5.74) is 1.70. The number of carbonyl (C=O) groups is 2.